The molecule has 0 aromatic carbocycles. The Bertz CT molecular complexity index is 158. The van der Waals surface area contributed by atoms with Gasteiger partial charge >= 0.3 is 0 Å². The summed E-state index contributed by atoms with van der Waals surface area (Å²) in [5, 5.41) is 2.69. The van der Waals surface area contributed by atoms with Crippen LogP contribution >= 0.6 is 0 Å². The van der Waals surface area contributed by atoms with Gasteiger partial charge < -0.3 is 11.1 Å². The third-order valence-electron chi connectivity index (χ3n) is 1.66. The van der Waals surface area contributed by atoms with E-state index in [0.29, 0.717) is 0 Å². The highest BCUT2D eigenvalue weighted by Gasteiger charge is 2.20. The van der Waals surface area contributed by atoms with Gasteiger partial charge in [-0.2, -0.15) is 0 Å². The van der Waals surface area contributed by atoms with Crippen LogP contribution < -0.4 is 11.1 Å². The van der Waals surface area contributed by atoms with Gasteiger partial charge in [0.15, 0.2) is 0 Å². The molecule has 3 nitrogen and oxygen atoms in total. The maximum Gasteiger partial charge on any atom is 0.243 e. The molecule has 0 heterocycles. The quantitative estimate of drug-likeness (QED) is 0.582. The van der Waals surface area contributed by atoms with Crippen LogP contribution in [0.1, 0.15) is 20.8 Å². The Kier molecular flexibility index (Phi) is 3.26. The molecule has 0 saturated heterocycles. The van der Waals surface area contributed by atoms with E-state index in [0.717, 1.165) is 0 Å². The summed E-state index contributed by atoms with van der Waals surface area (Å²) >= 11 is 0. The molecule has 3 heteroatoms. The second kappa shape index (κ2) is 3.53. The molecule has 1 amide bonds. The number of hydrogen-bond acceptors (Lipinski definition) is 2. The minimum atomic E-state index is -0.390. The third-order valence-corrected chi connectivity index (χ3v) is 1.66. The molecule has 1 unspecified atom stereocenters. The number of nitrogens with two attached hydrogens (primary N) is 1. The normalized spacial score (nSPS) is 13.8. The molecule has 0 aliphatic carbocycles. The lowest BCUT2D eigenvalue weighted by Gasteiger charge is -2.27. The minimum Gasteiger partial charge on any atom is -0.348 e. The second-order valence-corrected chi connectivity index (χ2v) is 3.26. The number of hydrogen-bond donors (Lipinski definition) is 2. The Morgan fingerprint density at radius 3 is 2.45 bits per heavy atom. The van der Waals surface area contributed by atoms with E-state index in [4.69, 9.17) is 5.73 Å². The van der Waals surface area contributed by atoms with Crippen molar-refractivity contribution < 1.29 is 4.79 Å². The SMILES string of the molecule is C=CC(=O)NC(C)C(C)(C)N. The van der Waals surface area contributed by atoms with Crippen LogP contribution in [0.15, 0.2) is 12.7 Å². The fraction of sp³-hybridized carbons (Fsp3) is 0.625. The van der Waals surface area contributed by atoms with Gasteiger partial charge in [-0.1, -0.05) is 6.58 Å². The molecule has 0 fully saturated rings. The minimum absolute atomic E-state index is 0.0481. The van der Waals surface area contributed by atoms with Crippen LogP contribution in [0.2, 0.25) is 0 Å². The van der Waals surface area contributed by atoms with E-state index in [1.54, 1.807) is 0 Å². The van der Waals surface area contributed by atoms with E-state index < -0.39 is 5.54 Å². The van der Waals surface area contributed by atoms with E-state index in [2.05, 4.69) is 11.9 Å². The van der Waals surface area contributed by atoms with Gasteiger partial charge in [0.2, 0.25) is 5.91 Å². The summed E-state index contributed by atoms with van der Waals surface area (Å²) in [5.41, 5.74) is 5.34. The fourth-order valence-corrected chi connectivity index (χ4v) is 0.458. The lowest BCUT2D eigenvalue weighted by molar-refractivity contribution is -0.117. The highest BCUT2D eigenvalue weighted by molar-refractivity contribution is 5.87. The van der Waals surface area contributed by atoms with Gasteiger partial charge in [0.1, 0.15) is 0 Å². The first-order chi connectivity index (χ1) is 4.88. The molecule has 0 rings (SSSR count). The van der Waals surface area contributed by atoms with Crippen LogP contribution in [0, 0.1) is 0 Å². The summed E-state index contributed by atoms with van der Waals surface area (Å²) in [6.07, 6.45) is 1.24. The van der Waals surface area contributed by atoms with Crippen molar-refractivity contribution >= 4 is 5.91 Å². The smallest absolute Gasteiger partial charge is 0.243 e. The number of carbonyl (C=O) groups excluding carboxylic acids is 1. The van der Waals surface area contributed by atoms with Crippen LogP contribution in [0.5, 0.6) is 0 Å². The summed E-state index contributed by atoms with van der Waals surface area (Å²) in [5.74, 6) is -0.184. The van der Waals surface area contributed by atoms with Crippen LogP contribution in [0.3, 0.4) is 0 Å². The second-order valence-electron chi connectivity index (χ2n) is 3.26. The molecule has 0 bridgehead atoms. The van der Waals surface area contributed by atoms with Crippen molar-refractivity contribution in [3.8, 4) is 0 Å². The van der Waals surface area contributed by atoms with Gasteiger partial charge in [-0.3, -0.25) is 4.79 Å². The number of carbonyl (C=O) groups is 1. The molecule has 3 N–H and O–H groups in total. The van der Waals surface area contributed by atoms with Gasteiger partial charge in [0, 0.05) is 11.6 Å². The molecule has 0 spiro atoms. The van der Waals surface area contributed by atoms with Crippen LogP contribution in [-0.4, -0.2) is 17.5 Å². The molecule has 0 radical (unpaired) electrons. The zero-order valence-corrected chi connectivity index (χ0v) is 7.35. The molecule has 1 atom stereocenters. The molecule has 0 aromatic rings. The molecule has 0 saturated carbocycles. The molecular formula is C8H16N2O. The first-order valence-electron chi connectivity index (χ1n) is 3.59. The highest BCUT2D eigenvalue weighted by atomic mass is 16.1. The van der Waals surface area contributed by atoms with Gasteiger partial charge in [0.25, 0.3) is 0 Å². The van der Waals surface area contributed by atoms with Gasteiger partial charge in [0.05, 0.1) is 0 Å². The summed E-state index contributed by atoms with van der Waals surface area (Å²) in [4.78, 5) is 10.8. The lowest BCUT2D eigenvalue weighted by Crippen LogP contribution is -2.52. The van der Waals surface area contributed by atoms with Crippen molar-refractivity contribution in [3.05, 3.63) is 12.7 Å². The third kappa shape index (κ3) is 3.78. The van der Waals surface area contributed by atoms with Crippen molar-refractivity contribution in [2.24, 2.45) is 5.73 Å². The molecule has 11 heavy (non-hydrogen) atoms. The molecule has 0 aromatic heterocycles. The maximum atomic E-state index is 10.8. The highest BCUT2D eigenvalue weighted by Crippen LogP contribution is 2.03. The average Bonchev–Trinajstić information content (AvgIpc) is 1.85. The Morgan fingerprint density at radius 1 is 1.73 bits per heavy atom. The first-order valence-corrected chi connectivity index (χ1v) is 3.59. The zero-order valence-electron chi connectivity index (χ0n) is 7.35. The Labute approximate surface area is 67.7 Å². The Balaban J connectivity index is 3.97. The molecule has 0 aliphatic rings. The van der Waals surface area contributed by atoms with Crippen molar-refractivity contribution in [2.75, 3.05) is 0 Å². The predicted octanol–water partition coefficient (Wildman–Crippen LogP) is 0.414. The average molecular weight is 156 g/mol. The van der Waals surface area contributed by atoms with Crippen molar-refractivity contribution in [1.82, 2.24) is 5.32 Å². The monoisotopic (exact) mass is 156 g/mol. The molecule has 64 valence electrons. The van der Waals surface area contributed by atoms with Gasteiger partial charge in [-0.05, 0) is 26.8 Å². The topological polar surface area (TPSA) is 55.1 Å². The van der Waals surface area contributed by atoms with Crippen LogP contribution in [0.25, 0.3) is 0 Å². The predicted molar refractivity (Wildman–Crippen MR) is 46.1 cm³/mol. The van der Waals surface area contributed by atoms with Crippen LogP contribution in [-0.2, 0) is 4.79 Å². The van der Waals surface area contributed by atoms with Crippen LogP contribution in [0.4, 0.5) is 0 Å². The summed E-state index contributed by atoms with van der Waals surface area (Å²) in [6.45, 7) is 8.93. The standard InChI is InChI=1S/C8H16N2O/c1-5-7(11)10-6(2)8(3,4)9/h5-6H,1,9H2,2-4H3,(H,10,11). The van der Waals surface area contributed by atoms with E-state index in [1.807, 2.05) is 20.8 Å². The van der Waals surface area contributed by atoms with Crippen molar-refractivity contribution in [3.63, 3.8) is 0 Å². The summed E-state index contributed by atoms with van der Waals surface area (Å²) in [6, 6.07) is -0.0481. The first kappa shape index (κ1) is 10.2. The van der Waals surface area contributed by atoms with E-state index >= 15 is 0 Å². The molecule has 0 aliphatic heterocycles. The number of rotatable bonds is 3. The fourth-order valence-electron chi connectivity index (χ4n) is 0.458. The molecular weight excluding hydrogens is 140 g/mol. The Morgan fingerprint density at radius 2 is 2.18 bits per heavy atom. The van der Waals surface area contributed by atoms with E-state index in [1.165, 1.54) is 6.08 Å². The number of nitrogens with one attached hydrogen (secondary N) is 1. The lowest BCUT2D eigenvalue weighted by atomic mass is 9.98. The maximum absolute atomic E-state index is 10.8. The Hall–Kier alpha value is -0.830. The zero-order chi connectivity index (χ0) is 9.07. The van der Waals surface area contributed by atoms with E-state index in [-0.39, 0.29) is 11.9 Å². The summed E-state index contributed by atoms with van der Waals surface area (Å²) < 4.78 is 0. The largest absolute Gasteiger partial charge is 0.348 e. The van der Waals surface area contributed by atoms with Gasteiger partial charge in [-0.25, -0.2) is 0 Å². The van der Waals surface area contributed by atoms with Gasteiger partial charge in [-0.15, -0.1) is 0 Å². The number of amides is 1. The van der Waals surface area contributed by atoms with Crippen molar-refractivity contribution in [2.45, 2.75) is 32.4 Å². The van der Waals surface area contributed by atoms with Crippen molar-refractivity contribution in [1.29, 1.82) is 0 Å². The summed E-state index contributed by atoms with van der Waals surface area (Å²) in [7, 11) is 0. The van der Waals surface area contributed by atoms with E-state index in [9.17, 15) is 4.79 Å².